The van der Waals surface area contributed by atoms with Gasteiger partial charge in [-0.2, -0.15) is 0 Å². The Morgan fingerprint density at radius 1 is 1.77 bits per heavy atom. The van der Waals surface area contributed by atoms with Crippen LogP contribution in [0.1, 0.15) is 12.6 Å². The van der Waals surface area contributed by atoms with Crippen LogP contribution in [0.3, 0.4) is 0 Å². The van der Waals surface area contributed by atoms with Crippen LogP contribution in [0.25, 0.3) is 0 Å². The van der Waals surface area contributed by atoms with Crippen LogP contribution in [0, 0.1) is 0 Å². The molecule has 1 aromatic heterocycles. The van der Waals surface area contributed by atoms with Crippen LogP contribution < -0.4 is 0 Å². The van der Waals surface area contributed by atoms with Crippen molar-refractivity contribution in [3.05, 3.63) is 11.9 Å². The predicted octanol–water partition coefficient (Wildman–Crippen LogP) is -0.667. The van der Waals surface area contributed by atoms with Gasteiger partial charge in [0.1, 0.15) is 6.54 Å². The number of esters is 1. The van der Waals surface area contributed by atoms with Crippen molar-refractivity contribution in [3.8, 4) is 0 Å². The molecule has 0 amide bonds. The van der Waals surface area contributed by atoms with Crippen LogP contribution in [0.5, 0.6) is 0 Å². The molecule has 1 N–H and O–H groups in total. The molecule has 1 aromatic rings. The van der Waals surface area contributed by atoms with Gasteiger partial charge in [-0.3, -0.25) is 4.79 Å². The van der Waals surface area contributed by atoms with E-state index in [1.54, 1.807) is 6.92 Å². The number of hydrogen-bond donors (Lipinski definition) is 1. The topological polar surface area (TPSA) is 77.2 Å². The van der Waals surface area contributed by atoms with Crippen molar-refractivity contribution in [2.24, 2.45) is 0 Å². The molecular weight excluding hydrogens is 174 g/mol. The summed E-state index contributed by atoms with van der Waals surface area (Å²) in [5, 5.41) is 16.0. The average Bonchev–Trinajstić information content (AvgIpc) is 2.52. The minimum atomic E-state index is -0.386. The second kappa shape index (κ2) is 4.56. The van der Waals surface area contributed by atoms with Crippen molar-refractivity contribution in [2.75, 3.05) is 6.61 Å². The zero-order valence-electron chi connectivity index (χ0n) is 7.30. The summed E-state index contributed by atoms with van der Waals surface area (Å²) in [5.74, 6) is -0.386. The molecule has 0 saturated carbocycles. The highest BCUT2D eigenvalue weighted by Gasteiger charge is 2.07. The molecule has 0 spiro atoms. The number of rotatable bonds is 4. The fourth-order valence-corrected chi connectivity index (χ4v) is 0.863. The minimum Gasteiger partial charge on any atom is -0.465 e. The molecular formula is C7H11N3O3. The smallest absolute Gasteiger partial charge is 0.327 e. The summed E-state index contributed by atoms with van der Waals surface area (Å²) in [6, 6.07) is 0. The lowest BCUT2D eigenvalue weighted by molar-refractivity contribution is -0.144. The number of ether oxygens (including phenoxy) is 1. The first-order valence-corrected chi connectivity index (χ1v) is 3.91. The Labute approximate surface area is 75.1 Å². The molecule has 0 fully saturated rings. The van der Waals surface area contributed by atoms with E-state index in [1.165, 1.54) is 10.9 Å². The Bertz CT molecular complexity index is 284. The van der Waals surface area contributed by atoms with Crippen molar-refractivity contribution in [1.29, 1.82) is 0 Å². The van der Waals surface area contributed by atoms with E-state index in [2.05, 4.69) is 10.3 Å². The van der Waals surface area contributed by atoms with Crippen molar-refractivity contribution < 1.29 is 14.6 Å². The maximum atomic E-state index is 11.0. The van der Waals surface area contributed by atoms with Gasteiger partial charge in [0.05, 0.1) is 25.1 Å². The van der Waals surface area contributed by atoms with E-state index < -0.39 is 0 Å². The predicted molar refractivity (Wildman–Crippen MR) is 42.6 cm³/mol. The highest BCUT2D eigenvalue weighted by atomic mass is 16.5. The second-order valence-corrected chi connectivity index (χ2v) is 2.35. The average molecular weight is 185 g/mol. The van der Waals surface area contributed by atoms with Crippen molar-refractivity contribution in [3.63, 3.8) is 0 Å². The zero-order chi connectivity index (χ0) is 9.68. The molecule has 6 heteroatoms. The lowest BCUT2D eigenvalue weighted by Gasteiger charge is -2.03. The fourth-order valence-electron chi connectivity index (χ4n) is 0.863. The SMILES string of the molecule is CCOC(=O)Cn1nncc1CO. The maximum Gasteiger partial charge on any atom is 0.327 e. The molecule has 0 aliphatic rings. The molecule has 13 heavy (non-hydrogen) atoms. The Morgan fingerprint density at radius 2 is 2.54 bits per heavy atom. The lowest BCUT2D eigenvalue weighted by atomic mass is 10.5. The van der Waals surface area contributed by atoms with Gasteiger partial charge in [0, 0.05) is 0 Å². The first-order valence-electron chi connectivity index (χ1n) is 3.91. The largest absolute Gasteiger partial charge is 0.465 e. The van der Waals surface area contributed by atoms with E-state index >= 15 is 0 Å². The summed E-state index contributed by atoms with van der Waals surface area (Å²) in [6.07, 6.45) is 1.40. The Kier molecular flexibility index (Phi) is 3.39. The standard InChI is InChI=1S/C7H11N3O3/c1-2-13-7(12)4-10-6(5-11)3-8-9-10/h3,11H,2,4-5H2,1H3. The number of aliphatic hydroxyl groups is 1. The van der Waals surface area contributed by atoms with Crippen LogP contribution in [-0.2, 0) is 22.7 Å². The first-order chi connectivity index (χ1) is 6.27. The van der Waals surface area contributed by atoms with E-state index in [4.69, 9.17) is 9.84 Å². The van der Waals surface area contributed by atoms with Crippen LogP contribution in [0.4, 0.5) is 0 Å². The van der Waals surface area contributed by atoms with E-state index in [0.29, 0.717) is 12.3 Å². The number of aliphatic hydroxyl groups excluding tert-OH is 1. The van der Waals surface area contributed by atoms with Crippen LogP contribution in [0.15, 0.2) is 6.20 Å². The van der Waals surface area contributed by atoms with E-state index in [1.807, 2.05) is 0 Å². The van der Waals surface area contributed by atoms with Crippen LogP contribution in [0.2, 0.25) is 0 Å². The molecule has 0 unspecified atom stereocenters. The van der Waals surface area contributed by atoms with Crippen molar-refractivity contribution >= 4 is 5.97 Å². The second-order valence-electron chi connectivity index (χ2n) is 2.35. The Morgan fingerprint density at radius 3 is 3.15 bits per heavy atom. The molecule has 0 bridgehead atoms. The van der Waals surface area contributed by atoms with Gasteiger partial charge in [-0.15, -0.1) is 5.10 Å². The third-order valence-corrected chi connectivity index (χ3v) is 1.44. The summed E-state index contributed by atoms with van der Waals surface area (Å²) in [5.41, 5.74) is 0.494. The van der Waals surface area contributed by atoms with Gasteiger partial charge in [0.15, 0.2) is 0 Å². The molecule has 6 nitrogen and oxygen atoms in total. The fraction of sp³-hybridized carbons (Fsp3) is 0.571. The maximum absolute atomic E-state index is 11.0. The summed E-state index contributed by atoms with van der Waals surface area (Å²) >= 11 is 0. The quantitative estimate of drug-likeness (QED) is 0.630. The molecule has 0 saturated heterocycles. The number of carbonyl (C=O) groups excluding carboxylic acids is 1. The van der Waals surface area contributed by atoms with Gasteiger partial charge in [-0.05, 0) is 6.92 Å². The normalized spacial score (nSPS) is 10.0. The highest BCUT2D eigenvalue weighted by Crippen LogP contribution is 1.96. The van der Waals surface area contributed by atoms with Gasteiger partial charge in [0.2, 0.25) is 0 Å². The molecule has 0 aliphatic heterocycles. The monoisotopic (exact) mass is 185 g/mol. The molecule has 0 aliphatic carbocycles. The van der Waals surface area contributed by atoms with Crippen LogP contribution in [-0.4, -0.2) is 32.7 Å². The van der Waals surface area contributed by atoms with Gasteiger partial charge in [0.25, 0.3) is 0 Å². The van der Waals surface area contributed by atoms with Crippen molar-refractivity contribution in [1.82, 2.24) is 15.0 Å². The molecule has 0 atom stereocenters. The van der Waals surface area contributed by atoms with E-state index in [0.717, 1.165) is 0 Å². The van der Waals surface area contributed by atoms with Gasteiger partial charge < -0.3 is 9.84 Å². The van der Waals surface area contributed by atoms with Gasteiger partial charge in [-0.1, -0.05) is 5.21 Å². The molecule has 72 valence electrons. The van der Waals surface area contributed by atoms with E-state index in [-0.39, 0.29) is 19.1 Å². The summed E-state index contributed by atoms with van der Waals surface area (Å²) in [6.45, 7) is 1.87. The third kappa shape index (κ3) is 2.51. The van der Waals surface area contributed by atoms with E-state index in [9.17, 15) is 4.79 Å². The van der Waals surface area contributed by atoms with Gasteiger partial charge in [-0.25, -0.2) is 4.68 Å². The summed E-state index contributed by atoms with van der Waals surface area (Å²) < 4.78 is 6.01. The molecule has 1 heterocycles. The summed E-state index contributed by atoms with van der Waals surface area (Å²) in [7, 11) is 0. The number of carbonyl (C=O) groups is 1. The Hall–Kier alpha value is -1.43. The lowest BCUT2D eigenvalue weighted by Crippen LogP contribution is -2.16. The molecule has 0 radical (unpaired) electrons. The zero-order valence-corrected chi connectivity index (χ0v) is 7.30. The van der Waals surface area contributed by atoms with Crippen molar-refractivity contribution in [2.45, 2.75) is 20.1 Å². The van der Waals surface area contributed by atoms with Crippen LogP contribution >= 0.6 is 0 Å². The third-order valence-electron chi connectivity index (χ3n) is 1.44. The summed E-state index contributed by atoms with van der Waals surface area (Å²) in [4.78, 5) is 11.0. The highest BCUT2D eigenvalue weighted by molar-refractivity contribution is 5.69. The Balaban J connectivity index is 2.57. The molecule has 0 aromatic carbocycles. The van der Waals surface area contributed by atoms with Gasteiger partial charge >= 0.3 is 5.97 Å². The molecule has 1 rings (SSSR count). The number of aromatic nitrogens is 3. The minimum absolute atomic E-state index is 0.0102. The number of nitrogens with zero attached hydrogens (tertiary/aromatic N) is 3. The number of hydrogen-bond acceptors (Lipinski definition) is 5. The first kappa shape index (κ1) is 9.66.